The minimum absolute atomic E-state index is 0.0403. The largest absolute Gasteiger partial charge is 0.482 e. The average Bonchev–Trinajstić information content (AvgIpc) is 2.20. The molecule has 5 heteroatoms. The Morgan fingerprint density at radius 2 is 2.27 bits per heavy atom. The molecule has 0 fully saturated rings. The van der Waals surface area contributed by atoms with Crippen molar-refractivity contribution in [2.24, 2.45) is 0 Å². The summed E-state index contributed by atoms with van der Waals surface area (Å²) < 4.78 is 22.6. The van der Waals surface area contributed by atoms with Crippen LogP contribution in [0.15, 0.2) is 18.2 Å². The summed E-state index contributed by atoms with van der Waals surface area (Å²) in [5.41, 5.74) is 5.31. The van der Waals surface area contributed by atoms with Crippen molar-refractivity contribution in [1.82, 2.24) is 0 Å². The van der Waals surface area contributed by atoms with Gasteiger partial charge in [-0.15, -0.1) is 0 Å². The van der Waals surface area contributed by atoms with Crippen molar-refractivity contribution in [2.45, 2.75) is 6.92 Å². The van der Waals surface area contributed by atoms with Gasteiger partial charge in [0.25, 0.3) is 0 Å². The van der Waals surface area contributed by atoms with Gasteiger partial charge >= 0.3 is 5.97 Å². The first-order valence-electron chi connectivity index (χ1n) is 4.47. The molecule has 1 rings (SSSR count). The number of hydrogen-bond acceptors (Lipinski definition) is 4. The van der Waals surface area contributed by atoms with Crippen molar-refractivity contribution in [3.05, 3.63) is 24.0 Å². The molecule has 0 unspecified atom stereocenters. The number of nitrogens with two attached hydrogens (primary N) is 1. The summed E-state index contributed by atoms with van der Waals surface area (Å²) in [7, 11) is 0. The third-order valence-corrected chi connectivity index (χ3v) is 1.63. The molecule has 0 heterocycles. The summed E-state index contributed by atoms with van der Waals surface area (Å²) in [4.78, 5) is 10.9. The first-order chi connectivity index (χ1) is 7.13. The minimum Gasteiger partial charge on any atom is -0.482 e. The Bertz CT molecular complexity index is 355. The Kier molecular flexibility index (Phi) is 3.91. The molecule has 0 radical (unpaired) electrons. The molecule has 0 amide bonds. The molecular weight excluding hydrogens is 201 g/mol. The molecule has 1 aromatic rings. The van der Waals surface area contributed by atoms with Crippen LogP contribution in [0.3, 0.4) is 0 Å². The van der Waals surface area contributed by atoms with E-state index in [1.165, 1.54) is 12.1 Å². The molecule has 0 spiro atoms. The lowest BCUT2D eigenvalue weighted by atomic mass is 10.3. The number of rotatable bonds is 4. The van der Waals surface area contributed by atoms with Gasteiger partial charge in [-0.2, -0.15) is 0 Å². The molecule has 0 saturated carbocycles. The summed E-state index contributed by atoms with van der Waals surface area (Å²) in [6.45, 7) is 1.75. The van der Waals surface area contributed by atoms with Crippen molar-refractivity contribution < 1.29 is 18.7 Å². The van der Waals surface area contributed by atoms with Gasteiger partial charge in [-0.25, -0.2) is 9.18 Å². The van der Waals surface area contributed by atoms with Crippen LogP contribution in [0.5, 0.6) is 5.75 Å². The third-order valence-electron chi connectivity index (χ3n) is 1.63. The molecule has 0 saturated heterocycles. The fourth-order valence-electron chi connectivity index (χ4n) is 0.943. The van der Waals surface area contributed by atoms with Gasteiger partial charge in [0.1, 0.15) is 11.6 Å². The highest BCUT2D eigenvalue weighted by Gasteiger charge is 2.04. The maximum absolute atomic E-state index is 12.9. The lowest BCUT2D eigenvalue weighted by Crippen LogP contribution is -2.14. The smallest absolute Gasteiger partial charge is 0.344 e. The highest BCUT2D eigenvalue weighted by atomic mass is 19.1. The van der Waals surface area contributed by atoms with Gasteiger partial charge in [-0.1, -0.05) is 0 Å². The number of hydrogen-bond donors (Lipinski definition) is 1. The molecule has 0 aliphatic rings. The standard InChI is InChI=1S/C10H12FNO3/c1-2-14-10(13)6-15-7-3-4-9(12)8(11)5-7/h3-5H,2,6,12H2,1H3. The predicted octanol–water partition coefficient (Wildman–Crippen LogP) is 1.35. The van der Waals surface area contributed by atoms with Crippen LogP contribution in [-0.4, -0.2) is 19.2 Å². The average molecular weight is 213 g/mol. The minimum atomic E-state index is -0.573. The van der Waals surface area contributed by atoms with E-state index in [9.17, 15) is 9.18 Å². The van der Waals surface area contributed by atoms with Crippen LogP contribution < -0.4 is 10.5 Å². The van der Waals surface area contributed by atoms with E-state index in [4.69, 9.17) is 10.5 Å². The third kappa shape index (κ3) is 3.46. The summed E-state index contributed by atoms with van der Waals surface area (Å²) >= 11 is 0. The van der Waals surface area contributed by atoms with Gasteiger partial charge in [0.15, 0.2) is 6.61 Å². The molecule has 1 aromatic carbocycles. The highest BCUT2D eigenvalue weighted by Crippen LogP contribution is 2.17. The molecular formula is C10H12FNO3. The van der Waals surface area contributed by atoms with E-state index in [1.807, 2.05) is 0 Å². The molecule has 15 heavy (non-hydrogen) atoms. The van der Waals surface area contributed by atoms with Gasteiger partial charge in [0.05, 0.1) is 12.3 Å². The molecule has 0 aliphatic carbocycles. The summed E-state index contributed by atoms with van der Waals surface area (Å²) in [6, 6.07) is 3.97. The van der Waals surface area contributed by atoms with Gasteiger partial charge in [-0.3, -0.25) is 0 Å². The van der Waals surface area contributed by atoms with Gasteiger partial charge in [-0.05, 0) is 19.1 Å². The predicted molar refractivity (Wildman–Crippen MR) is 52.9 cm³/mol. The zero-order chi connectivity index (χ0) is 11.3. The van der Waals surface area contributed by atoms with E-state index < -0.39 is 11.8 Å². The second-order valence-corrected chi connectivity index (χ2v) is 2.78. The van der Waals surface area contributed by atoms with E-state index in [-0.39, 0.29) is 24.7 Å². The van der Waals surface area contributed by atoms with E-state index in [2.05, 4.69) is 4.74 Å². The quantitative estimate of drug-likeness (QED) is 0.605. The number of carbonyl (C=O) groups excluding carboxylic acids is 1. The Labute approximate surface area is 86.8 Å². The van der Waals surface area contributed by atoms with Crippen molar-refractivity contribution in [3.63, 3.8) is 0 Å². The molecule has 0 aliphatic heterocycles. The summed E-state index contributed by atoms with van der Waals surface area (Å²) in [5.74, 6) is -0.819. The van der Waals surface area contributed by atoms with E-state index in [1.54, 1.807) is 6.92 Å². The Hall–Kier alpha value is -1.78. The fourth-order valence-corrected chi connectivity index (χ4v) is 0.943. The van der Waals surface area contributed by atoms with Crippen LogP contribution in [0.4, 0.5) is 10.1 Å². The van der Waals surface area contributed by atoms with Crippen molar-refractivity contribution in [2.75, 3.05) is 18.9 Å². The molecule has 82 valence electrons. The SMILES string of the molecule is CCOC(=O)COc1ccc(N)c(F)c1. The topological polar surface area (TPSA) is 61.5 Å². The number of esters is 1. The van der Waals surface area contributed by atoms with E-state index in [0.29, 0.717) is 0 Å². The molecule has 4 nitrogen and oxygen atoms in total. The van der Waals surface area contributed by atoms with Gasteiger partial charge in [0.2, 0.25) is 0 Å². The van der Waals surface area contributed by atoms with Gasteiger partial charge in [0, 0.05) is 6.07 Å². The molecule has 0 atom stereocenters. The zero-order valence-electron chi connectivity index (χ0n) is 8.33. The maximum Gasteiger partial charge on any atom is 0.344 e. The van der Waals surface area contributed by atoms with Crippen LogP contribution in [-0.2, 0) is 9.53 Å². The van der Waals surface area contributed by atoms with Crippen LogP contribution >= 0.6 is 0 Å². The number of anilines is 1. The number of carbonyl (C=O) groups is 1. The number of benzene rings is 1. The second kappa shape index (κ2) is 5.19. The number of ether oxygens (including phenoxy) is 2. The molecule has 0 bridgehead atoms. The van der Waals surface area contributed by atoms with Crippen molar-refractivity contribution in [1.29, 1.82) is 0 Å². The van der Waals surface area contributed by atoms with Crippen molar-refractivity contribution in [3.8, 4) is 5.75 Å². The lowest BCUT2D eigenvalue weighted by molar-refractivity contribution is -0.145. The number of halogens is 1. The molecule has 2 N–H and O–H groups in total. The summed E-state index contributed by atoms with van der Waals surface area (Å²) in [5, 5.41) is 0. The highest BCUT2D eigenvalue weighted by molar-refractivity contribution is 5.71. The van der Waals surface area contributed by atoms with Crippen LogP contribution in [0.1, 0.15) is 6.92 Å². The van der Waals surface area contributed by atoms with Crippen LogP contribution in [0, 0.1) is 5.82 Å². The first-order valence-corrected chi connectivity index (χ1v) is 4.47. The zero-order valence-corrected chi connectivity index (χ0v) is 8.33. The Morgan fingerprint density at radius 1 is 1.53 bits per heavy atom. The fraction of sp³-hybridized carbons (Fsp3) is 0.300. The van der Waals surface area contributed by atoms with E-state index >= 15 is 0 Å². The van der Waals surface area contributed by atoms with Gasteiger partial charge < -0.3 is 15.2 Å². The Balaban J connectivity index is 2.51. The summed E-state index contributed by atoms with van der Waals surface area (Å²) in [6.07, 6.45) is 0. The molecule has 0 aromatic heterocycles. The number of nitrogen functional groups attached to an aromatic ring is 1. The first kappa shape index (κ1) is 11.3. The Morgan fingerprint density at radius 3 is 2.87 bits per heavy atom. The van der Waals surface area contributed by atoms with Crippen molar-refractivity contribution >= 4 is 11.7 Å². The monoisotopic (exact) mass is 213 g/mol. The maximum atomic E-state index is 12.9. The normalized spacial score (nSPS) is 9.73. The van der Waals surface area contributed by atoms with Crippen LogP contribution in [0.25, 0.3) is 0 Å². The van der Waals surface area contributed by atoms with E-state index in [0.717, 1.165) is 6.07 Å². The second-order valence-electron chi connectivity index (χ2n) is 2.78. The van der Waals surface area contributed by atoms with Crippen LogP contribution in [0.2, 0.25) is 0 Å². The lowest BCUT2D eigenvalue weighted by Gasteiger charge is -2.06.